The number of aryl methyl sites for hydroxylation is 1. The Morgan fingerprint density at radius 2 is 2.13 bits per heavy atom. The number of hydrogen-bond donors (Lipinski definition) is 1. The highest BCUT2D eigenvalue weighted by molar-refractivity contribution is 6.30. The van der Waals surface area contributed by atoms with Crippen LogP contribution in [0.1, 0.15) is 18.4 Å². The fourth-order valence-electron chi connectivity index (χ4n) is 1.39. The van der Waals surface area contributed by atoms with Gasteiger partial charge in [-0.25, -0.2) is 0 Å². The Morgan fingerprint density at radius 3 is 2.73 bits per heavy atom. The molecule has 0 saturated carbocycles. The van der Waals surface area contributed by atoms with Crippen molar-refractivity contribution in [2.75, 3.05) is 6.54 Å². The summed E-state index contributed by atoms with van der Waals surface area (Å²) >= 11 is 5.79. The summed E-state index contributed by atoms with van der Waals surface area (Å²) in [5, 5.41) is 11.2. The van der Waals surface area contributed by atoms with E-state index in [0.29, 0.717) is 23.6 Å². The van der Waals surface area contributed by atoms with Gasteiger partial charge in [0.2, 0.25) is 0 Å². The molecule has 0 unspecified atom stereocenters. The van der Waals surface area contributed by atoms with Crippen LogP contribution in [0, 0.1) is 10.1 Å². The second-order valence-electron chi connectivity index (χ2n) is 3.28. The van der Waals surface area contributed by atoms with Crippen LogP contribution in [0.2, 0.25) is 5.02 Å². The minimum absolute atomic E-state index is 0.136. The van der Waals surface area contributed by atoms with E-state index in [9.17, 15) is 10.1 Å². The molecule has 0 aliphatic heterocycles. The number of nitro groups is 1. The highest BCUT2D eigenvalue weighted by atomic mass is 35.5. The number of rotatable bonds is 5. The Kier molecular flexibility index (Phi) is 4.52. The van der Waals surface area contributed by atoms with Crippen LogP contribution in [0.25, 0.3) is 0 Å². The van der Waals surface area contributed by atoms with E-state index in [-0.39, 0.29) is 10.6 Å². The van der Waals surface area contributed by atoms with Gasteiger partial charge >= 0.3 is 0 Å². The Morgan fingerprint density at radius 1 is 1.40 bits per heavy atom. The van der Waals surface area contributed by atoms with Gasteiger partial charge in [-0.15, -0.1) is 0 Å². The fourth-order valence-corrected chi connectivity index (χ4v) is 1.59. The van der Waals surface area contributed by atoms with Crippen molar-refractivity contribution >= 4 is 17.3 Å². The molecule has 2 N–H and O–H groups in total. The van der Waals surface area contributed by atoms with Crippen LogP contribution in [0.3, 0.4) is 0 Å². The maximum absolute atomic E-state index is 10.7. The van der Waals surface area contributed by atoms with Gasteiger partial charge in [0.15, 0.2) is 0 Å². The van der Waals surface area contributed by atoms with Crippen molar-refractivity contribution in [1.29, 1.82) is 0 Å². The van der Waals surface area contributed by atoms with Crippen molar-refractivity contribution in [3.63, 3.8) is 0 Å². The van der Waals surface area contributed by atoms with Crippen LogP contribution in [0.5, 0.6) is 0 Å². The number of nitrogens with zero attached hydrogens (tertiary/aromatic N) is 1. The molecule has 1 aromatic rings. The molecule has 82 valence electrons. The number of halogens is 1. The Balaban J connectivity index is 2.82. The lowest BCUT2D eigenvalue weighted by molar-refractivity contribution is -0.385. The molecule has 0 aromatic heterocycles. The van der Waals surface area contributed by atoms with Crippen molar-refractivity contribution in [2.24, 2.45) is 5.73 Å². The molecule has 0 amide bonds. The molecule has 5 heteroatoms. The normalized spacial score (nSPS) is 10.3. The molecule has 4 nitrogen and oxygen atoms in total. The zero-order valence-corrected chi connectivity index (χ0v) is 9.04. The SMILES string of the molecule is NCCCCc1cc(Cl)ccc1[N+](=O)[O-]. The summed E-state index contributed by atoms with van der Waals surface area (Å²) in [5.74, 6) is 0. The average molecular weight is 229 g/mol. The fraction of sp³-hybridized carbons (Fsp3) is 0.400. The Bertz CT molecular complexity index is 355. The number of nitro benzene ring substituents is 1. The molecule has 1 aromatic carbocycles. The van der Waals surface area contributed by atoms with Crippen LogP contribution >= 0.6 is 11.6 Å². The van der Waals surface area contributed by atoms with Crippen molar-refractivity contribution < 1.29 is 4.92 Å². The van der Waals surface area contributed by atoms with Gasteiger partial charge in [-0.05, 0) is 37.9 Å². The summed E-state index contributed by atoms with van der Waals surface area (Å²) in [6.45, 7) is 0.606. The molecule has 0 spiro atoms. The van der Waals surface area contributed by atoms with E-state index < -0.39 is 0 Å². The van der Waals surface area contributed by atoms with E-state index in [0.717, 1.165) is 12.8 Å². The van der Waals surface area contributed by atoms with Gasteiger partial charge in [0.25, 0.3) is 5.69 Å². The molecular weight excluding hydrogens is 216 g/mol. The van der Waals surface area contributed by atoms with Gasteiger partial charge in [-0.1, -0.05) is 11.6 Å². The smallest absolute Gasteiger partial charge is 0.272 e. The second-order valence-corrected chi connectivity index (χ2v) is 3.71. The van der Waals surface area contributed by atoms with Crippen molar-refractivity contribution in [1.82, 2.24) is 0 Å². The van der Waals surface area contributed by atoms with Crippen LogP contribution in [-0.4, -0.2) is 11.5 Å². The number of benzene rings is 1. The highest BCUT2D eigenvalue weighted by Crippen LogP contribution is 2.24. The van der Waals surface area contributed by atoms with Gasteiger partial charge in [-0.3, -0.25) is 10.1 Å². The molecule has 0 saturated heterocycles. The average Bonchev–Trinajstić information content (AvgIpc) is 2.18. The molecule has 0 atom stereocenters. The standard InChI is InChI=1S/C10H13ClN2O2/c11-9-4-5-10(13(14)15)8(7-9)3-1-2-6-12/h4-5,7H,1-3,6,12H2. The molecule has 0 fully saturated rings. The van der Waals surface area contributed by atoms with E-state index in [1.807, 2.05) is 0 Å². The maximum Gasteiger partial charge on any atom is 0.272 e. The molecule has 15 heavy (non-hydrogen) atoms. The first-order valence-corrected chi connectivity index (χ1v) is 5.16. The lowest BCUT2D eigenvalue weighted by Crippen LogP contribution is -2.00. The third kappa shape index (κ3) is 3.49. The summed E-state index contributed by atoms with van der Waals surface area (Å²) in [4.78, 5) is 10.3. The Hall–Kier alpha value is -1.13. The first-order valence-electron chi connectivity index (χ1n) is 4.78. The number of hydrogen-bond acceptors (Lipinski definition) is 3. The topological polar surface area (TPSA) is 69.2 Å². The summed E-state index contributed by atoms with van der Waals surface area (Å²) in [7, 11) is 0. The van der Waals surface area contributed by atoms with Gasteiger partial charge in [0, 0.05) is 16.7 Å². The van der Waals surface area contributed by atoms with Crippen molar-refractivity contribution in [3.05, 3.63) is 38.9 Å². The molecule has 0 aliphatic carbocycles. The van der Waals surface area contributed by atoms with Gasteiger partial charge < -0.3 is 5.73 Å². The third-order valence-corrected chi connectivity index (χ3v) is 2.37. The highest BCUT2D eigenvalue weighted by Gasteiger charge is 2.12. The van der Waals surface area contributed by atoms with Crippen LogP contribution in [-0.2, 0) is 6.42 Å². The largest absolute Gasteiger partial charge is 0.330 e. The molecule has 0 aliphatic rings. The van der Waals surface area contributed by atoms with E-state index in [1.165, 1.54) is 12.1 Å². The van der Waals surface area contributed by atoms with Gasteiger partial charge in [0.1, 0.15) is 0 Å². The summed E-state index contributed by atoms with van der Waals surface area (Å²) < 4.78 is 0. The van der Waals surface area contributed by atoms with Crippen LogP contribution in [0.4, 0.5) is 5.69 Å². The van der Waals surface area contributed by atoms with E-state index in [4.69, 9.17) is 17.3 Å². The third-order valence-electron chi connectivity index (χ3n) is 2.14. The van der Waals surface area contributed by atoms with Gasteiger partial charge in [-0.2, -0.15) is 0 Å². The van der Waals surface area contributed by atoms with Crippen LogP contribution in [0.15, 0.2) is 18.2 Å². The predicted octanol–water partition coefficient (Wildman–Crippen LogP) is 2.53. The van der Waals surface area contributed by atoms with Crippen molar-refractivity contribution in [2.45, 2.75) is 19.3 Å². The van der Waals surface area contributed by atoms with Crippen LogP contribution < -0.4 is 5.73 Å². The molecular formula is C10H13ClN2O2. The summed E-state index contributed by atoms with van der Waals surface area (Å²) in [5.41, 5.74) is 6.18. The number of unbranched alkanes of at least 4 members (excludes halogenated alkanes) is 1. The molecule has 0 heterocycles. The molecule has 0 radical (unpaired) electrons. The van der Waals surface area contributed by atoms with E-state index in [2.05, 4.69) is 0 Å². The first kappa shape index (κ1) is 11.9. The quantitative estimate of drug-likeness (QED) is 0.478. The van der Waals surface area contributed by atoms with E-state index in [1.54, 1.807) is 6.07 Å². The molecule has 1 rings (SSSR count). The predicted molar refractivity (Wildman–Crippen MR) is 60.1 cm³/mol. The summed E-state index contributed by atoms with van der Waals surface area (Å²) in [6, 6.07) is 4.63. The summed E-state index contributed by atoms with van der Waals surface area (Å²) in [6.07, 6.45) is 2.36. The zero-order valence-electron chi connectivity index (χ0n) is 8.28. The van der Waals surface area contributed by atoms with Crippen molar-refractivity contribution in [3.8, 4) is 0 Å². The second kappa shape index (κ2) is 5.68. The minimum Gasteiger partial charge on any atom is -0.330 e. The van der Waals surface area contributed by atoms with E-state index >= 15 is 0 Å². The monoisotopic (exact) mass is 228 g/mol. The lowest BCUT2D eigenvalue weighted by Gasteiger charge is -2.02. The lowest BCUT2D eigenvalue weighted by atomic mass is 10.1. The zero-order chi connectivity index (χ0) is 11.3. The first-order chi connectivity index (χ1) is 7.15. The maximum atomic E-state index is 10.7. The Labute approximate surface area is 93.2 Å². The minimum atomic E-state index is -0.381. The van der Waals surface area contributed by atoms with Gasteiger partial charge in [0.05, 0.1) is 4.92 Å². The number of nitrogens with two attached hydrogens (primary N) is 1. The molecule has 0 bridgehead atoms.